The van der Waals surface area contributed by atoms with Crippen molar-refractivity contribution in [2.75, 3.05) is 0 Å². The molecule has 3 aromatic carbocycles. The third kappa shape index (κ3) is 4.31. The number of ketones is 1. The van der Waals surface area contributed by atoms with Crippen molar-refractivity contribution in [1.82, 2.24) is 9.80 Å². The van der Waals surface area contributed by atoms with E-state index in [1.54, 1.807) is 60.7 Å². The SMILES string of the molecule is O=C(c1ccc(O)c(O)c1)C1C(=O)N(Cc2ccccc2)C(=O)N(Cc2ccccc2)C1=O. The quantitative estimate of drug-likeness (QED) is 0.343. The number of hydrogen-bond donors (Lipinski definition) is 2. The summed E-state index contributed by atoms with van der Waals surface area (Å²) in [6.45, 7) is -0.219. The van der Waals surface area contributed by atoms with Crippen molar-refractivity contribution >= 4 is 23.6 Å². The summed E-state index contributed by atoms with van der Waals surface area (Å²) >= 11 is 0. The molecule has 1 aliphatic rings. The molecule has 33 heavy (non-hydrogen) atoms. The molecule has 0 bridgehead atoms. The Bertz CT molecular complexity index is 1160. The first-order chi connectivity index (χ1) is 15.9. The van der Waals surface area contributed by atoms with E-state index in [-0.39, 0.29) is 18.7 Å². The van der Waals surface area contributed by atoms with E-state index >= 15 is 0 Å². The highest BCUT2D eigenvalue weighted by molar-refractivity contribution is 6.29. The molecule has 1 aliphatic heterocycles. The first-order valence-electron chi connectivity index (χ1n) is 10.2. The number of Topliss-reactive ketones (excluding diaryl/α,β-unsaturated/α-hetero) is 1. The van der Waals surface area contributed by atoms with Gasteiger partial charge >= 0.3 is 6.03 Å². The fraction of sp³-hybridized carbons (Fsp3) is 0.120. The molecule has 0 spiro atoms. The lowest BCUT2D eigenvalue weighted by Gasteiger charge is -2.36. The lowest BCUT2D eigenvalue weighted by atomic mass is 9.92. The van der Waals surface area contributed by atoms with E-state index < -0.39 is 41.0 Å². The number of urea groups is 1. The maximum atomic E-state index is 13.2. The van der Waals surface area contributed by atoms with Gasteiger partial charge in [-0.3, -0.25) is 24.2 Å². The van der Waals surface area contributed by atoms with Crippen LogP contribution in [-0.2, 0) is 22.7 Å². The molecule has 1 fully saturated rings. The molecule has 0 saturated carbocycles. The molecule has 8 heteroatoms. The van der Waals surface area contributed by atoms with E-state index in [9.17, 15) is 29.4 Å². The molecule has 166 valence electrons. The molecule has 0 aromatic heterocycles. The average Bonchev–Trinajstić information content (AvgIpc) is 2.82. The number of benzene rings is 3. The zero-order chi connectivity index (χ0) is 23.5. The average molecular weight is 444 g/mol. The Balaban J connectivity index is 1.72. The molecule has 0 atom stereocenters. The van der Waals surface area contributed by atoms with E-state index in [0.717, 1.165) is 21.9 Å². The number of nitrogens with zero attached hydrogens (tertiary/aromatic N) is 2. The number of hydrogen-bond acceptors (Lipinski definition) is 6. The van der Waals surface area contributed by atoms with Crippen molar-refractivity contribution in [2.24, 2.45) is 5.92 Å². The largest absolute Gasteiger partial charge is 0.504 e. The number of aromatic hydroxyl groups is 2. The van der Waals surface area contributed by atoms with E-state index in [0.29, 0.717) is 11.1 Å². The zero-order valence-corrected chi connectivity index (χ0v) is 17.4. The minimum absolute atomic E-state index is 0.109. The summed E-state index contributed by atoms with van der Waals surface area (Å²) in [6.07, 6.45) is 0. The number of barbiturate groups is 1. The van der Waals surface area contributed by atoms with Crippen LogP contribution in [0.4, 0.5) is 4.79 Å². The van der Waals surface area contributed by atoms with Gasteiger partial charge in [0.05, 0.1) is 13.1 Å². The van der Waals surface area contributed by atoms with Gasteiger partial charge in [-0.05, 0) is 29.3 Å². The number of rotatable bonds is 6. The molecule has 8 nitrogen and oxygen atoms in total. The molecular weight excluding hydrogens is 424 g/mol. The molecule has 0 unspecified atom stereocenters. The van der Waals surface area contributed by atoms with Crippen molar-refractivity contribution in [3.8, 4) is 11.5 Å². The van der Waals surface area contributed by atoms with Crippen LogP contribution in [-0.4, -0.2) is 43.6 Å². The Morgan fingerprint density at radius 2 is 1.18 bits per heavy atom. The van der Waals surface area contributed by atoms with Crippen molar-refractivity contribution < 1.29 is 29.4 Å². The smallest absolute Gasteiger partial charge is 0.334 e. The second-order valence-electron chi connectivity index (χ2n) is 7.60. The first-order valence-corrected chi connectivity index (χ1v) is 10.2. The van der Waals surface area contributed by atoms with Crippen LogP contribution in [0.1, 0.15) is 21.5 Å². The monoisotopic (exact) mass is 444 g/mol. The van der Waals surface area contributed by atoms with E-state index in [2.05, 4.69) is 0 Å². The third-order valence-corrected chi connectivity index (χ3v) is 5.38. The minimum atomic E-state index is -1.79. The fourth-order valence-corrected chi connectivity index (χ4v) is 3.64. The lowest BCUT2D eigenvalue weighted by molar-refractivity contribution is -0.147. The fourth-order valence-electron chi connectivity index (χ4n) is 3.64. The third-order valence-electron chi connectivity index (χ3n) is 5.38. The molecule has 1 saturated heterocycles. The van der Waals surface area contributed by atoms with Crippen LogP contribution in [0, 0.1) is 5.92 Å². The van der Waals surface area contributed by atoms with Crippen LogP contribution in [0.5, 0.6) is 11.5 Å². The van der Waals surface area contributed by atoms with Gasteiger partial charge in [0.1, 0.15) is 0 Å². The summed E-state index contributed by atoms with van der Waals surface area (Å²) in [5, 5.41) is 19.3. The Morgan fingerprint density at radius 1 is 0.697 bits per heavy atom. The van der Waals surface area contributed by atoms with Gasteiger partial charge in [0, 0.05) is 5.56 Å². The summed E-state index contributed by atoms with van der Waals surface area (Å²) in [5.41, 5.74) is 1.18. The predicted molar refractivity (Wildman–Crippen MR) is 117 cm³/mol. The molecule has 0 radical (unpaired) electrons. The van der Waals surface area contributed by atoms with Crippen molar-refractivity contribution in [2.45, 2.75) is 13.1 Å². The topological polar surface area (TPSA) is 115 Å². The normalized spacial score (nSPS) is 14.6. The summed E-state index contributed by atoms with van der Waals surface area (Å²) in [5.74, 6) is -5.54. The minimum Gasteiger partial charge on any atom is -0.504 e. The van der Waals surface area contributed by atoms with Gasteiger partial charge in [-0.25, -0.2) is 4.79 Å². The number of carbonyl (C=O) groups excluding carboxylic acids is 4. The number of phenols is 2. The van der Waals surface area contributed by atoms with Crippen molar-refractivity contribution in [3.05, 3.63) is 95.6 Å². The highest BCUT2D eigenvalue weighted by atomic mass is 16.3. The van der Waals surface area contributed by atoms with Crippen LogP contribution in [0.3, 0.4) is 0 Å². The molecule has 4 rings (SSSR count). The summed E-state index contributed by atoms with van der Waals surface area (Å²) < 4.78 is 0. The highest BCUT2D eigenvalue weighted by Gasteiger charge is 2.49. The molecule has 2 N–H and O–H groups in total. The molecule has 1 heterocycles. The van der Waals surface area contributed by atoms with Gasteiger partial charge in [0.2, 0.25) is 0 Å². The summed E-state index contributed by atoms with van der Waals surface area (Å²) in [4.78, 5) is 54.6. The van der Waals surface area contributed by atoms with Crippen LogP contribution in [0.15, 0.2) is 78.9 Å². The van der Waals surface area contributed by atoms with Crippen LogP contribution >= 0.6 is 0 Å². The maximum absolute atomic E-state index is 13.2. The van der Waals surface area contributed by atoms with Gasteiger partial charge in [0.15, 0.2) is 23.2 Å². The lowest BCUT2D eigenvalue weighted by Crippen LogP contribution is -2.60. The molecule has 3 aromatic rings. The number of imide groups is 2. The second-order valence-corrected chi connectivity index (χ2v) is 7.60. The van der Waals surface area contributed by atoms with E-state index in [1.807, 2.05) is 0 Å². The number of carbonyl (C=O) groups is 4. The molecular formula is C25H20N2O6. The Kier molecular flexibility index (Phi) is 5.91. The summed E-state index contributed by atoms with van der Waals surface area (Å²) in [6, 6.07) is 20.0. The predicted octanol–water partition coefficient (Wildman–Crippen LogP) is 3.09. The Labute approximate surface area is 189 Å². The van der Waals surface area contributed by atoms with E-state index in [1.165, 1.54) is 6.07 Å². The van der Waals surface area contributed by atoms with Crippen LogP contribution < -0.4 is 0 Å². The van der Waals surface area contributed by atoms with E-state index in [4.69, 9.17) is 0 Å². The Hall–Kier alpha value is -4.46. The zero-order valence-electron chi connectivity index (χ0n) is 17.4. The van der Waals surface area contributed by atoms with Crippen molar-refractivity contribution in [3.63, 3.8) is 0 Å². The molecule has 4 amide bonds. The Morgan fingerprint density at radius 3 is 1.64 bits per heavy atom. The number of phenolic OH excluding ortho intramolecular Hbond substituents is 2. The van der Waals surface area contributed by atoms with Crippen molar-refractivity contribution in [1.29, 1.82) is 0 Å². The van der Waals surface area contributed by atoms with Gasteiger partial charge in [0.25, 0.3) is 11.8 Å². The van der Waals surface area contributed by atoms with Crippen LogP contribution in [0.25, 0.3) is 0 Å². The molecule has 0 aliphatic carbocycles. The van der Waals surface area contributed by atoms with Gasteiger partial charge < -0.3 is 10.2 Å². The second kappa shape index (κ2) is 8.96. The maximum Gasteiger partial charge on any atom is 0.334 e. The van der Waals surface area contributed by atoms with Crippen LogP contribution in [0.2, 0.25) is 0 Å². The van der Waals surface area contributed by atoms with Gasteiger partial charge in [-0.1, -0.05) is 60.7 Å². The number of amides is 4. The van der Waals surface area contributed by atoms with Gasteiger partial charge in [-0.15, -0.1) is 0 Å². The van der Waals surface area contributed by atoms with Gasteiger partial charge in [-0.2, -0.15) is 0 Å². The highest BCUT2D eigenvalue weighted by Crippen LogP contribution is 2.29. The standard InChI is InChI=1S/C25H20N2O6/c28-19-12-11-18(13-20(19)29)22(30)21-23(31)26(14-16-7-3-1-4-8-16)25(33)27(24(21)32)15-17-9-5-2-6-10-17/h1-13,21,28-29H,14-15H2. The first kappa shape index (κ1) is 21.8. The summed E-state index contributed by atoms with van der Waals surface area (Å²) in [7, 11) is 0.